The van der Waals surface area contributed by atoms with E-state index in [4.69, 9.17) is 10.5 Å². The van der Waals surface area contributed by atoms with Gasteiger partial charge >= 0.3 is 0 Å². The molecule has 0 bridgehead atoms. The summed E-state index contributed by atoms with van der Waals surface area (Å²) in [5.41, 5.74) is 7.77. The molecule has 0 heterocycles. The molecule has 1 aromatic carbocycles. The van der Waals surface area contributed by atoms with Crippen molar-refractivity contribution in [2.45, 2.75) is 25.5 Å². The molecule has 96 valence electrons. The first-order valence-corrected chi connectivity index (χ1v) is 5.83. The van der Waals surface area contributed by atoms with E-state index in [9.17, 15) is 5.11 Å². The zero-order valence-electron chi connectivity index (χ0n) is 10.7. The van der Waals surface area contributed by atoms with Gasteiger partial charge in [0.05, 0.1) is 13.2 Å². The van der Waals surface area contributed by atoms with E-state index in [0.29, 0.717) is 5.75 Å². The number of benzene rings is 1. The van der Waals surface area contributed by atoms with Crippen LogP contribution in [-0.4, -0.2) is 31.9 Å². The van der Waals surface area contributed by atoms with Gasteiger partial charge in [-0.05, 0) is 38.6 Å². The van der Waals surface area contributed by atoms with Crippen molar-refractivity contribution in [1.29, 1.82) is 0 Å². The van der Waals surface area contributed by atoms with Gasteiger partial charge in [-0.15, -0.1) is 0 Å². The number of nitrogens with two attached hydrogens (primary N) is 1. The van der Waals surface area contributed by atoms with Crippen LogP contribution in [0.5, 0.6) is 5.75 Å². The molecule has 1 aromatic rings. The molecule has 4 heteroatoms. The number of rotatable bonds is 6. The first kappa shape index (κ1) is 14.0. The molecule has 0 aliphatic rings. The molecular weight excluding hydrogens is 216 g/mol. The maximum absolute atomic E-state index is 10.3. The van der Waals surface area contributed by atoms with Crippen LogP contribution in [-0.2, 0) is 0 Å². The van der Waals surface area contributed by atoms with E-state index in [1.807, 2.05) is 32.2 Å². The van der Waals surface area contributed by atoms with Crippen LogP contribution >= 0.6 is 0 Å². The number of aliphatic hydroxyl groups is 1. The third-order valence-electron chi connectivity index (χ3n) is 2.93. The van der Waals surface area contributed by atoms with Gasteiger partial charge in [0.15, 0.2) is 0 Å². The zero-order chi connectivity index (χ0) is 12.8. The van der Waals surface area contributed by atoms with Gasteiger partial charge in [0.1, 0.15) is 5.75 Å². The lowest BCUT2D eigenvalue weighted by molar-refractivity contribution is 0.138. The van der Waals surface area contributed by atoms with Gasteiger partial charge in [-0.3, -0.25) is 0 Å². The van der Waals surface area contributed by atoms with Gasteiger partial charge < -0.3 is 20.9 Å². The number of aliphatic hydroxyl groups excluding tert-OH is 1. The third-order valence-corrected chi connectivity index (χ3v) is 2.93. The Labute approximate surface area is 103 Å². The molecular formula is C13H22N2O2. The van der Waals surface area contributed by atoms with Crippen LogP contribution in [0.1, 0.15) is 23.7 Å². The maximum Gasteiger partial charge on any atom is 0.124 e. The standard InChI is InChI=1S/C13H22N2O2/c1-9-5-4-6-11(17-3)12(9)13(16)10(14)7-8-15-2/h4-6,10,13,15-16H,7-8,14H2,1-3H3. The Balaban J connectivity index is 2.90. The maximum atomic E-state index is 10.3. The highest BCUT2D eigenvalue weighted by atomic mass is 16.5. The summed E-state index contributed by atoms with van der Waals surface area (Å²) >= 11 is 0. The van der Waals surface area contributed by atoms with E-state index in [-0.39, 0.29) is 6.04 Å². The Morgan fingerprint density at radius 3 is 2.76 bits per heavy atom. The first-order valence-electron chi connectivity index (χ1n) is 5.83. The van der Waals surface area contributed by atoms with Crippen molar-refractivity contribution >= 4 is 0 Å². The van der Waals surface area contributed by atoms with Crippen molar-refractivity contribution in [3.05, 3.63) is 29.3 Å². The minimum absolute atomic E-state index is 0.294. The molecule has 0 radical (unpaired) electrons. The predicted molar refractivity (Wildman–Crippen MR) is 69.2 cm³/mol. The number of hydrogen-bond donors (Lipinski definition) is 3. The number of hydrogen-bond acceptors (Lipinski definition) is 4. The number of methoxy groups -OCH3 is 1. The Morgan fingerprint density at radius 1 is 1.47 bits per heavy atom. The van der Waals surface area contributed by atoms with Crippen LogP contribution in [0.3, 0.4) is 0 Å². The van der Waals surface area contributed by atoms with Crippen LogP contribution < -0.4 is 15.8 Å². The Morgan fingerprint density at radius 2 is 2.18 bits per heavy atom. The molecule has 0 fully saturated rings. The normalized spacial score (nSPS) is 14.4. The van der Waals surface area contributed by atoms with Crippen LogP contribution in [0.15, 0.2) is 18.2 Å². The SMILES string of the molecule is CNCCC(N)C(O)c1c(C)cccc1OC. The highest BCUT2D eigenvalue weighted by Gasteiger charge is 2.21. The number of nitrogens with one attached hydrogen (secondary N) is 1. The molecule has 0 aliphatic heterocycles. The van der Waals surface area contributed by atoms with Crippen molar-refractivity contribution in [2.24, 2.45) is 5.73 Å². The third kappa shape index (κ3) is 3.43. The van der Waals surface area contributed by atoms with E-state index < -0.39 is 6.10 Å². The van der Waals surface area contributed by atoms with Gasteiger partial charge in [0, 0.05) is 11.6 Å². The minimum Gasteiger partial charge on any atom is -0.496 e. The summed E-state index contributed by atoms with van der Waals surface area (Å²) in [6, 6.07) is 5.41. The van der Waals surface area contributed by atoms with Gasteiger partial charge in [-0.1, -0.05) is 12.1 Å². The summed E-state index contributed by atoms with van der Waals surface area (Å²) in [6.45, 7) is 2.73. The fourth-order valence-corrected chi connectivity index (χ4v) is 1.89. The molecule has 4 nitrogen and oxygen atoms in total. The summed E-state index contributed by atoms with van der Waals surface area (Å²) in [4.78, 5) is 0. The molecule has 0 aromatic heterocycles. The smallest absolute Gasteiger partial charge is 0.124 e. The van der Waals surface area contributed by atoms with Crippen LogP contribution in [0.25, 0.3) is 0 Å². The average molecular weight is 238 g/mol. The van der Waals surface area contributed by atoms with E-state index in [2.05, 4.69) is 5.32 Å². The monoisotopic (exact) mass is 238 g/mol. The summed E-state index contributed by atoms with van der Waals surface area (Å²) in [6.07, 6.45) is 0.0225. The highest BCUT2D eigenvalue weighted by molar-refractivity contribution is 5.41. The van der Waals surface area contributed by atoms with Crippen molar-refractivity contribution in [2.75, 3.05) is 20.7 Å². The average Bonchev–Trinajstić information content (AvgIpc) is 2.34. The lowest BCUT2D eigenvalue weighted by Crippen LogP contribution is -2.32. The second-order valence-electron chi connectivity index (χ2n) is 4.19. The van der Waals surface area contributed by atoms with E-state index in [1.165, 1.54) is 0 Å². The predicted octanol–water partition coefficient (Wildman–Crippen LogP) is 0.974. The molecule has 2 atom stereocenters. The Bertz CT molecular complexity index is 355. The lowest BCUT2D eigenvalue weighted by Gasteiger charge is -2.22. The van der Waals surface area contributed by atoms with Gasteiger partial charge in [-0.25, -0.2) is 0 Å². The molecule has 0 saturated carbocycles. The van der Waals surface area contributed by atoms with Gasteiger partial charge in [-0.2, -0.15) is 0 Å². The van der Waals surface area contributed by atoms with E-state index >= 15 is 0 Å². The Kier molecular flexibility index (Phi) is 5.41. The molecule has 0 saturated heterocycles. The van der Waals surface area contributed by atoms with Crippen molar-refractivity contribution in [1.82, 2.24) is 5.32 Å². The zero-order valence-corrected chi connectivity index (χ0v) is 10.7. The number of ether oxygens (including phenoxy) is 1. The van der Waals surface area contributed by atoms with E-state index in [1.54, 1.807) is 7.11 Å². The van der Waals surface area contributed by atoms with Crippen molar-refractivity contribution in [3.8, 4) is 5.75 Å². The van der Waals surface area contributed by atoms with Crippen molar-refractivity contribution < 1.29 is 9.84 Å². The largest absolute Gasteiger partial charge is 0.496 e. The molecule has 2 unspecified atom stereocenters. The first-order chi connectivity index (χ1) is 8.11. The fraction of sp³-hybridized carbons (Fsp3) is 0.538. The summed E-state index contributed by atoms with van der Waals surface area (Å²) < 4.78 is 5.27. The van der Waals surface area contributed by atoms with Gasteiger partial charge in [0.25, 0.3) is 0 Å². The van der Waals surface area contributed by atoms with E-state index in [0.717, 1.165) is 24.1 Å². The highest BCUT2D eigenvalue weighted by Crippen LogP contribution is 2.30. The van der Waals surface area contributed by atoms with Crippen LogP contribution in [0.2, 0.25) is 0 Å². The Hall–Kier alpha value is -1.10. The summed E-state index contributed by atoms with van der Waals surface area (Å²) in [7, 11) is 3.47. The quantitative estimate of drug-likeness (QED) is 0.691. The molecule has 0 aliphatic carbocycles. The second kappa shape index (κ2) is 6.59. The molecule has 0 spiro atoms. The molecule has 4 N–H and O–H groups in total. The molecule has 1 rings (SSSR count). The lowest BCUT2D eigenvalue weighted by atomic mass is 9.95. The summed E-state index contributed by atoms with van der Waals surface area (Å²) in [5, 5.41) is 13.3. The summed E-state index contributed by atoms with van der Waals surface area (Å²) in [5.74, 6) is 0.692. The number of aryl methyl sites for hydroxylation is 1. The van der Waals surface area contributed by atoms with Crippen LogP contribution in [0.4, 0.5) is 0 Å². The molecule has 17 heavy (non-hydrogen) atoms. The van der Waals surface area contributed by atoms with Gasteiger partial charge in [0.2, 0.25) is 0 Å². The van der Waals surface area contributed by atoms with Crippen molar-refractivity contribution in [3.63, 3.8) is 0 Å². The second-order valence-corrected chi connectivity index (χ2v) is 4.19. The topological polar surface area (TPSA) is 67.5 Å². The van der Waals surface area contributed by atoms with Crippen LogP contribution in [0, 0.1) is 6.92 Å². The minimum atomic E-state index is -0.695. The molecule has 0 amide bonds. The fourth-order valence-electron chi connectivity index (χ4n) is 1.89.